The molecule has 0 saturated heterocycles. The standard InChI is InChI=1S/C9H17NO8/c1-3(12)8(16)10-5(9(17)18)7(15)6(14)4(13)2-11/h3-7,11-15H,2H2,1H3,(H,10,16)(H,17,18). The first-order valence-electron chi connectivity index (χ1n) is 5.08. The van der Waals surface area contributed by atoms with Crippen LogP contribution in [0.3, 0.4) is 0 Å². The Bertz CT molecular complexity index is 294. The number of aliphatic carboxylic acids is 1. The lowest BCUT2D eigenvalue weighted by Crippen LogP contribution is -2.57. The monoisotopic (exact) mass is 267 g/mol. The van der Waals surface area contributed by atoms with Gasteiger partial charge >= 0.3 is 5.97 Å². The lowest BCUT2D eigenvalue weighted by atomic mass is 10.0. The molecule has 9 nitrogen and oxygen atoms in total. The van der Waals surface area contributed by atoms with Gasteiger partial charge in [0.15, 0.2) is 6.04 Å². The normalized spacial score (nSPS) is 19.4. The molecule has 5 unspecified atom stereocenters. The second-order valence-corrected chi connectivity index (χ2v) is 3.73. The Morgan fingerprint density at radius 2 is 1.61 bits per heavy atom. The van der Waals surface area contributed by atoms with Gasteiger partial charge in [0.25, 0.3) is 0 Å². The maximum atomic E-state index is 11.1. The van der Waals surface area contributed by atoms with Crippen LogP contribution in [0.15, 0.2) is 0 Å². The fourth-order valence-corrected chi connectivity index (χ4v) is 1.10. The van der Waals surface area contributed by atoms with Crippen molar-refractivity contribution in [2.75, 3.05) is 6.61 Å². The quantitative estimate of drug-likeness (QED) is 0.245. The lowest BCUT2D eigenvalue weighted by Gasteiger charge is -2.27. The van der Waals surface area contributed by atoms with Gasteiger partial charge in [0, 0.05) is 0 Å². The Hall–Kier alpha value is -1.26. The van der Waals surface area contributed by atoms with Gasteiger partial charge < -0.3 is 36.0 Å². The van der Waals surface area contributed by atoms with Gasteiger partial charge in [-0.3, -0.25) is 4.79 Å². The van der Waals surface area contributed by atoms with Gasteiger partial charge in [-0.25, -0.2) is 4.79 Å². The van der Waals surface area contributed by atoms with Crippen LogP contribution in [0, 0.1) is 0 Å². The lowest BCUT2D eigenvalue weighted by molar-refractivity contribution is -0.152. The third kappa shape index (κ3) is 4.55. The molecular formula is C9H17NO8. The number of aliphatic hydroxyl groups is 5. The van der Waals surface area contributed by atoms with Gasteiger partial charge in [-0.05, 0) is 6.92 Å². The zero-order valence-corrected chi connectivity index (χ0v) is 9.59. The van der Waals surface area contributed by atoms with Gasteiger partial charge in [0.1, 0.15) is 24.4 Å². The van der Waals surface area contributed by atoms with E-state index in [1.807, 2.05) is 0 Å². The van der Waals surface area contributed by atoms with E-state index in [9.17, 15) is 19.8 Å². The molecular weight excluding hydrogens is 250 g/mol. The first-order chi connectivity index (χ1) is 8.22. The molecule has 0 aliphatic carbocycles. The number of rotatable bonds is 7. The average molecular weight is 267 g/mol. The summed E-state index contributed by atoms with van der Waals surface area (Å²) >= 11 is 0. The van der Waals surface area contributed by atoms with Crippen LogP contribution >= 0.6 is 0 Å². The molecule has 0 aromatic carbocycles. The molecule has 7 N–H and O–H groups in total. The first-order valence-corrected chi connectivity index (χ1v) is 5.08. The van der Waals surface area contributed by atoms with E-state index in [0.717, 1.165) is 6.92 Å². The number of carbonyl (C=O) groups excluding carboxylic acids is 1. The van der Waals surface area contributed by atoms with E-state index in [4.69, 9.17) is 20.4 Å². The van der Waals surface area contributed by atoms with Crippen LogP contribution in [0.25, 0.3) is 0 Å². The zero-order chi connectivity index (χ0) is 14.5. The van der Waals surface area contributed by atoms with E-state index < -0.39 is 48.9 Å². The SMILES string of the molecule is CC(O)C(=O)NC(C(=O)O)C(O)C(O)C(O)CO. The van der Waals surface area contributed by atoms with Crippen LogP contribution in [-0.2, 0) is 9.59 Å². The molecule has 0 fully saturated rings. The van der Waals surface area contributed by atoms with Crippen molar-refractivity contribution in [2.24, 2.45) is 0 Å². The van der Waals surface area contributed by atoms with Gasteiger partial charge in [0.05, 0.1) is 6.61 Å². The summed E-state index contributed by atoms with van der Waals surface area (Å²) in [6.45, 7) is 0.189. The largest absolute Gasteiger partial charge is 0.480 e. The minimum atomic E-state index is -2.05. The van der Waals surface area contributed by atoms with Crippen LogP contribution in [0.1, 0.15) is 6.92 Å². The summed E-state index contributed by atoms with van der Waals surface area (Å²) in [5, 5.41) is 55.8. The molecule has 9 heteroatoms. The predicted octanol–water partition coefficient (Wildman–Crippen LogP) is -3.99. The zero-order valence-electron chi connectivity index (χ0n) is 9.59. The molecule has 0 rings (SSSR count). The summed E-state index contributed by atoms with van der Waals surface area (Å²) in [5.74, 6) is -2.73. The minimum absolute atomic E-state index is 0.894. The van der Waals surface area contributed by atoms with Crippen molar-refractivity contribution in [1.82, 2.24) is 5.32 Å². The van der Waals surface area contributed by atoms with Gasteiger partial charge in [-0.15, -0.1) is 0 Å². The summed E-state index contributed by atoms with van der Waals surface area (Å²) in [6, 6.07) is -1.93. The highest BCUT2D eigenvalue weighted by Crippen LogP contribution is 2.06. The Kier molecular flexibility index (Phi) is 6.73. The number of carbonyl (C=O) groups is 2. The molecule has 0 bridgehead atoms. The molecule has 0 heterocycles. The highest BCUT2D eigenvalue weighted by Gasteiger charge is 2.36. The summed E-state index contributed by atoms with van der Waals surface area (Å²) in [5.41, 5.74) is 0. The summed E-state index contributed by atoms with van der Waals surface area (Å²) in [7, 11) is 0. The highest BCUT2D eigenvalue weighted by molar-refractivity contribution is 5.86. The van der Waals surface area contributed by atoms with Crippen molar-refractivity contribution in [1.29, 1.82) is 0 Å². The molecule has 1 amide bonds. The van der Waals surface area contributed by atoms with Gasteiger partial charge in [-0.2, -0.15) is 0 Å². The maximum absolute atomic E-state index is 11.1. The third-order valence-corrected chi connectivity index (χ3v) is 2.22. The molecule has 106 valence electrons. The number of aliphatic hydroxyl groups excluding tert-OH is 5. The Morgan fingerprint density at radius 1 is 1.11 bits per heavy atom. The predicted molar refractivity (Wildman–Crippen MR) is 56.4 cm³/mol. The van der Waals surface area contributed by atoms with Crippen LogP contribution in [0.2, 0.25) is 0 Å². The van der Waals surface area contributed by atoms with E-state index in [2.05, 4.69) is 0 Å². The van der Waals surface area contributed by atoms with Crippen LogP contribution in [0.5, 0.6) is 0 Å². The van der Waals surface area contributed by atoms with Crippen LogP contribution in [0.4, 0.5) is 0 Å². The Labute approximate surface area is 102 Å². The first kappa shape index (κ1) is 16.7. The van der Waals surface area contributed by atoms with Crippen LogP contribution < -0.4 is 5.32 Å². The maximum Gasteiger partial charge on any atom is 0.329 e. The fourth-order valence-electron chi connectivity index (χ4n) is 1.10. The molecule has 0 radical (unpaired) electrons. The molecule has 0 spiro atoms. The fraction of sp³-hybridized carbons (Fsp3) is 0.778. The number of carboxylic acid groups (broad SMARTS) is 1. The molecule has 0 aliphatic heterocycles. The third-order valence-electron chi connectivity index (χ3n) is 2.22. The van der Waals surface area contributed by atoms with Gasteiger partial charge in [0.2, 0.25) is 5.91 Å². The molecule has 5 atom stereocenters. The van der Waals surface area contributed by atoms with Crippen molar-refractivity contribution < 1.29 is 40.2 Å². The number of amides is 1. The summed E-state index contributed by atoms with van der Waals surface area (Å²) in [6.07, 6.45) is -7.28. The molecule has 0 aromatic rings. The molecule has 18 heavy (non-hydrogen) atoms. The van der Waals surface area contributed by atoms with Crippen molar-refractivity contribution in [3.05, 3.63) is 0 Å². The summed E-state index contributed by atoms with van der Waals surface area (Å²) < 4.78 is 0. The van der Waals surface area contributed by atoms with Crippen molar-refractivity contribution in [2.45, 2.75) is 37.4 Å². The van der Waals surface area contributed by atoms with Crippen LogP contribution in [-0.4, -0.2) is 79.6 Å². The number of nitrogens with one attached hydrogen (secondary N) is 1. The Balaban J connectivity index is 4.79. The topological polar surface area (TPSA) is 168 Å². The molecule has 0 aliphatic rings. The minimum Gasteiger partial charge on any atom is -0.480 e. The van der Waals surface area contributed by atoms with Crippen molar-refractivity contribution in [3.63, 3.8) is 0 Å². The van der Waals surface area contributed by atoms with E-state index in [0.29, 0.717) is 0 Å². The van der Waals surface area contributed by atoms with E-state index >= 15 is 0 Å². The average Bonchev–Trinajstić information content (AvgIpc) is 2.32. The van der Waals surface area contributed by atoms with E-state index in [1.54, 1.807) is 5.32 Å². The highest BCUT2D eigenvalue weighted by atomic mass is 16.4. The van der Waals surface area contributed by atoms with Crippen molar-refractivity contribution in [3.8, 4) is 0 Å². The van der Waals surface area contributed by atoms with Crippen molar-refractivity contribution >= 4 is 11.9 Å². The van der Waals surface area contributed by atoms with E-state index in [1.165, 1.54) is 0 Å². The Morgan fingerprint density at radius 3 is 1.94 bits per heavy atom. The van der Waals surface area contributed by atoms with Gasteiger partial charge in [-0.1, -0.05) is 0 Å². The summed E-state index contributed by atoms with van der Waals surface area (Å²) in [4.78, 5) is 21.9. The molecule has 0 saturated carbocycles. The smallest absolute Gasteiger partial charge is 0.329 e. The second kappa shape index (κ2) is 7.24. The number of carboxylic acids is 1. The van der Waals surface area contributed by atoms with E-state index in [-0.39, 0.29) is 0 Å². The second-order valence-electron chi connectivity index (χ2n) is 3.73. The number of hydrogen-bond donors (Lipinski definition) is 7. The molecule has 0 aromatic heterocycles. The number of hydrogen-bond acceptors (Lipinski definition) is 7.